The standard InChI is InChI=1S/C26H27FN10OS/c1-17-14-37-22(21-6-10-36(33-21)16-23(38)31-20-5-7-28-12-19(20)27)13-29-26(37)25(30-17)32-24-11-18(34-39-24)15-35-8-3-2-4-9-35/h5-7,10-14H,2-4,8-9,15-16H2,1H3,(H,30,32)(H,28,31,38). The Morgan fingerprint density at radius 2 is 2.05 bits per heavy atom. The monoisotopic (exact) mass is 546 g/mol. The summed E-state index contributed by atoms with van der Waals surface area (Å²) in [6.45, 7) is 4.96. The van der Waals surface area contributed by atoms with Crippen LogP contribution in [0.15, 0.2) is 49.2 Å². The number of nitrogens with zero attached hydrogens (tertiary/aromatic N) is 8. The Kier molecular flexibility index (Phi) is 6.99. The molecule has 0 aromatic carbocycles. The fourth-order valence-corrected chi connectivity index (χ4v) is 5.35. The summed E-state index contributed by atoms with van der Waals surface area (Å²) in [5, 5.41) is 11.4. The molecule has 6 rings (SSSR count). The van der Waals surface area contributed by atoms with E-state index in [0.29, 0.717) is 17.2 Å². The molecule has 6 heterocycles. The molecular weight excluding hydrogens is 519 g/mol. The number of likely N-dealkylation sites (tertiary alicyclic amines) is 1. The summed E-state index contributed by atoms with van der Waals surface area (Å²) < 4.78 is 21.9. The van der Waals surface area contributed by atoms with Gasteiger partial charge in [0.2, 0.25) is 5.91 Å². The molecule has 0 aliphatic carbocycles. The maximum Gasteiger partial charge on any atom is 0.246 e. The Labute approximate surface area is 227 Å². The van der Waals surface area contributed by atoms with Gasteiger partial charge in [-0.15, -0.1) is 0 Å². The third-order valence-electron chi connectivity index (χ3n) is 6.50. The Hall–Kier alpha value is -4.23. The largest absolute Gasteiger partial charge is 0.328 e. The van der Waals surface area contributed by atoms with Crippen molar-refractivity contribution in [1.82, 2.24) is 38.4 Å². The van der Waals surface area contributed by atoms with Gasteiger partial charge in [0.05, 0.1) is 35.2 Å². The number of amides is 1. The molecule has 39 heavy (non-hydrogen) atoms. The van der Waals surface area contributed by atoms with Crippen LogP contribution in [0.25, 0.3) is 17.0 Å². The molecule has 0 spiro atoms. The van der Waals surface area contributed by atoms with Crippen LogP contribution in [-0.2, 0) is 17.9 Å². The van der Waals surface area contributed by atoms with Crippen molar-refractivity contribution in [2.24, 2.45) is 0 Å². The minimum Gasteiger partial charge on any atom is -0.328 e. The number of aryl methyl sites for hydroxylation is 1. The number of nitrogens with one attached hydrogen (secondary N) is 2. The maximum atomic E-state index is 13.8. The Morgan fingerprint density at radius 1 is 1.18 bits per heavy atom. The molecule has 0 radical (unpaired) electrons. The normalized spacial score (nSPS) is 14.1. The lowest BCUT2D eigenvalue weighted by Crippen LogP contribution is -2.29. The van der Waals surface area contributed by atoms with Crippen molar-refractivity contribution >= 4 is 39.6 Å². The predicted octanol–water partition coefficient (Wildman–Crippen LogP) is 4.26. The van der Waals surface area contributed by atoms with Gasteiger partial charge in [-0.05, 0) is 62.6 Å². The van der Waals surface area contributed by atoms with Gasteiger partial charge in [0.15, 0.2) is 17.3 Å². The summed E-state index contributed by atoms with van der Waals surface area (Å²) in [4.78, 5) is 27.8. The molecule has 1 aliphatic rings. The van der Waals surface area contributed by atoms with Gasteiger partial charge in [0, 0.05) is 25.1 Å². The average molecular weight is 547 g/mol. The molecule has 1 aliphatic heterocycles. The van der Waals surface area contributed by atoms with Gasteiger partial charge in [0.25, 0.3) is 0 Å². The number of anilines is 3. The Morgan fingerprint density at radius 3 is 2.90 bits per heavy atom. The van der Waals surface area contributed by atoms with E-state index in [2.05, 4.69) is 46.0 Å². The highest BCUT2D eigenvalue weighted by Gasteiger charge is 2.17. The summed E-state index contributed by atoms with van der Waals surface area (Å²) in [6, 6.07) is 5.29. The molecule has 0 unspecified atom stereocenters. The zero-order chi connectivity index (χ0) is 26.8. The van der Waals surface area contributed by atoms with Crippen LogP contribution in [0.4, 0.5) is 20.9 Å². The van der Waals surface area contributed by atoms with E-state index >= 15 is 0 Å². The smallest absolute Gasteiger partial charge is 0.246 e. The number of imidazole rings is 1. The van der Waals surface area contributed by atoms with Crippen LogP contribution in [0, 0.1) is 12.7 Å². The summed E-state index contributed by atoms with van der Waals surface area (Å²) in [5.74, 6) is -0.362. The number of pyridine rings is 1. The van der Waals surface area contributed by atoms with E-state index in [1.165, 1.54) is 47.7 Å². The molecule has 2 N–H and O–H groups in total. The molecule has 0 atom stereocenters. The van der Waals surface area contributed by atoms with Crippen molar-refractivity contribution in [3.8, 4) is 11.4 Å². The fourth-order valence-electron chi connectivity index (χ4n) is 4.69. The van der Waals surface area contributed by atoms with Crippen molar-refractivity contribution in [1.29, 1.82) is 0 Å². The van der Waals surface area contributed by atoms with Gasteiger partial charge in [-0.3, -0.25) is 23.8 Å². The zero-order valence-electron chi connectivity index (χ0n) is 21.3. The molecule has 1 amide bonds. The number of carbonyl (C=O) groups is 1. The lowest BCUT2D eigenvalue weighted by Gasteiger charge is -2.25. The van der Waals surface area contributed by atoms with E-state index in [1.807, 2.05) is 23.6 Å². The second kappa shape index (κ2) is 10.9. The molecule has 0 bridgehead atoms. The highest BCUT2D eigenvalue weighted by molar-refractivity contribution is 7.10. The lowest BCUT2D eigenvalue weighted by atomic mass is 10.1. The average Bonchev–Trinajstić information content (AvgIpc) is 3.66. The SMILES string of the molecule is Cc1cn2c(-c3ccn(CC(=O)Nc4ccncc4F)n3)cnc2c(Nc2cc(CN3CCCCC3)ns2)n1. The zero-order valence-corrected chi connectivity index (χ0v) is 22.2. The highest BCUT2D eigenvalue weighted by atomic mass is 32.1. The first kappa shape index (κ1) is 25.1. The highest BCUT2D eigenvalue weighted by Crippen LogP contribution is 2.28. The summed E-state index contributed by atoms with van der Waals surface area (Å²) >= 11 is 1.42. The fraction of sp³-hybridized carbons (Fsp3) is 0.308. The first-order valence-electron chi connectivity index (χ1n) is 12.7. The third kappa shape index (κ3) is 5.64. The number of carbonyl (C=O) groups excluding carboxylic acids is 1. The molecule has 1 fully saturated rings. The van der Waals surface area contributed by atoms with Crippen LogP contribution in [0.1, 0.15) is 30.7 Å². The number of hydrogen-bond donors (Lipinski definition) is 2. The molecule has 5 aromatic rings. The number of fused-ring (bicyclic) bond motifs is 1. The number of halogens is 1. The van der Waals surface area contributed by atoms with Crippen LogP contribution < -0.4 is 10.6 Å². The first-order chi connectivity index (χ1) is 19.0. The number of aromatic nitrogens is 7. The van der Waals surface area contributed by atoms with E-state index in [1.54, 1.807) is 12.4 Å². The maximum absolute atomic E-state index is 13.8. The quantitative estimate of drug-likeness (QED) is 0.296. The molecule has 1 saturated heterocycles. The van der Waals surface area contributed by atoms with Crippen LogP contribution in [0.5, 0.6) is 0 Å². The molecule has 0 saturated carbocycles. The van der Waals surface area contributed by atoms with Crippen molar-refractivity contribution in [3.05, 3.63) is 66.4 Å². The van der Waals surface area contributed by atoms with Gasteiger partial charge in [-0.2, -0.15) is 9.47 Å². The van der Waals surface area contributed by atoms with Crippen LogP contribution in [0.3, 0.4) is 0 Å². The summed E-state index contributed by atoms with van der Waals surface area (Å²) in [5.41, 5.74) is 3.99. The molecular formula is C26H27FN10OS. The second-order valence-corrected chi connectivity index (χ2v) is 10.3. The van der Waals surface area contributed by atoms with E-state index in [0.717, 1.165) is 47.9 Å². The number of rotatable bonds is 8. The topological polar surface area (TPSA) is 118 Å². The minimum atomic E-state index is -0.595. The Bertz CT molecular complexity index is 1620. The van der Waals surface area contributed by atoms with Crippen LogP contribution >= 0.6 is 11.5 Å². The van der Waals surface area contributed by atoms with Crippen LogP contribution in [0.2, 0.25) is 0 Å². The summed E-state index contributed by atoms with van der Waals surface area (Å²) in [6.07, 6.45) is 11.6. The van der Waals surface area contributed by atoms with E-state index in [-0.39, 0.29) is 12.2 Å². The van der Waals surface area contributed by atoms with Gasteiger partial charge >= 0.3 is 0 Å². The van der Waals surface area contributed by atoms with Crippen molar-refractivity contribution in [2.75, 3.05) is 23.7 Å². The van der Waals surface area contributed by atoms with Gasteiger partial charge < -0.3 is 10.6 Å². The predicted molar refractivity (Wildman–Crippen MR) is 146 cm³/mol. The van der Waals surface area contributed by atoms with Crippen molar-refractivity contribution in [2.45, 2.75) is 39.3 Å². The van der Waals surface area contributed by atoms with Gasteiger partial charge in [-0.1, -0.05) is 6.42 Å². The lowest BCUT2D eigenvalue weighted by molar-refractivity contribution is -0.116. The molecule has 11 nitrogen and oxygen atoms in total. The van der Waals surface area contributed by atoms with Gasteiger partial charge in [0.1, 0.15) is 17.2 Å². The Balaban J connectivity index is 1.18. The van der Waals surface area contributed by atoms with E-state index in [4.69, 9.17) is 0 Å². The van der Waals surface area contributed by atoms with Crippen LogP contribution in [-0.4, -0.2) is 57.4 Å². The molecule has 5 aromatic heterocycles. The number of piperidine rings is 1. The van der Waals surface area contributed by atoms with Crippen molar-refractivity contribution in [3.63, 3.8) is 0 Å². The summed E-state index contributed by atoms with van der Waals surface area (Å²) in [7, 11) is 0. The minimum absolute atomic E-state index is 0.0724. The molecule has 200 valence electrons. The van der Waals surface area contributed by atoms with E-state index < -0.39 is 11.7 Å². The first-order valence-corrected chi connectivity index (χ1v) is 13.5. The third-order valence-corrected chi connectivity index (χ3v) is 7.25. The number of hydrogen-bond acceptors (Lipinski definition) is 9. The second-order valence-electron chi connectivity index (χ2n) is 9.51. The van der Waals surface area contributed by atoms with Crippen molar-refractivity contribution < 1.29 is 9.18 Å². The van der Waals surface area contributed by atoms with Gasteiger partial charge in [-0.25, -0.2) is 14.4 Å². The van der Waals surface area contributed by atoms with E-state index in [9.17, 15) is 9.18 Å². The molecule has 13 heteroatoms.